The summed E-state index contributed by atoms with van der Waals surface area (Å²) >= 11 is 0. The van der Waals surface area contributed by atoms with Crippen molar-refractivity contribution in [1.82, 2.24) is 9.88 Å². The highest BCUT2D eigenvalue weighted by Crippen LogP contribution is 2.29. The van der Waals surface area contributed by atoms with E-state index >= 15 is 0 Å². The van der Waals surface area contributed by atoms with E-state index in [4.69, 9.17) is 10.1 Å². The van der Waals surface area contributed by atoms with Crippen molar-refractivity contribution in [3.05, 3.63) is 42.1 Å². The average molecular weight is 491 g/mol. The molecule has 1 aromatic carbocycles. The van der Waals surface area contributed by atoms with Crippen LogP contribution in [0, 0.1) is 16.7 Å². The summed E-state index contributed by atoms with van der Waals surface area (Å²) in [5.41, 5.74) is 4.92. The van der Waals surface area contributed by atoms with E-state index in [0.717, 1.165) is 43.3 Å². The van der Waals surface area contributed by atoms with Gasteiger partial charge in [-0.3, -0.25) is 5.43 Å². The van der Waals surface area contributed by atoms with Crippen LogP contribution in [-0.4, -0.2) is 53.1 Å². The Morgan fingerprint density at radius 1 is 1.28 bits per heavy atom. The van der Waals surface area contributed by atoms with E-state index in [1.165, 1.54) is 12.4 Å². The van der Waals surface area contributed by atoms with Gasteiger partial charge in [-0.2, -0.15) is 10.4 Å². The Kier molecular flexibility index (Phi) is 8.84. The van der Waals surface area contributed by atoms with Crippen LogP contribution in [0.15, 0.2) is 41.6 Å². The molecule has 0 unspecified atom stereocenters. The fourth-order valence-corrected chi connectivity index (χ4v) is 4.11. The molecular weight excluding hydrogens is 456 g/mol. The zero-order valence-corrected chi connectivity index (χ0v) is 21.2. The number of nitrogens with zero attached hydrogens (tertiary/aromatic N) is 4. The second-order valence-electron chi connectivity index (χ2n) is 9.68. The van der Waals surface area contributed by atoms with Crippen LogP contribution in [0.1, 0.15) is 52.0 Å². The molecule has 1 aliphatic carbocycles. The second kappa shape index (κ2) is 12.0. The fourth-order valence-electron chi connectivity index (χ4n) is 4.11. The van der Waals surface area contributed by atoms with Gasteiger partial charge in [-0.15, -0.1) is 0 Å². The number of hydrazone groups is 1. The highest BCUT2D eigenvalue weighted by molar-refractivity contribution is 6.14. The predicted molar refractivity (Wildman–Crippen MR) is 143 cm³/mol. The van der Waals surface area contributed by atoms with E-state index < -0.39 is 5.60 Å². The summed E-state index contributed by atoms with van der Waals surface area (Å²) in [6, 6.07) is 11.4. The molecule has 10 heteroatoms. The molecule has 0 bridgehead atoms. The molecule has 190 valence electrons. The molecule has 36 heavy (non-hydrogen) atoms. The molecule has 0 saturated heterocycles. The van der Waals surface area contributed by atoms with Crippen molar-refractivity contribution >= 4 is 41.4 Å². The van der Waals surface area contributed by atoms with Gasteiger partial charge in [0.05, 0.1) is 29.2 Å². The normalized spacial score (nSPS) is 17.6. The maximum Gasteiger partial charge on any atom is 0.410 e. The lowest BCUT2D eigenvalue weighted by atomic mass is 9.89. The Morgan fingerprint density at radius 2 is 2.03 bits per heavy atom. The van der Waals surface area contributed by atoms with Gasteiger partial charge in [0, 0.05) is 37.3 Å². The summed E-state index contributed by atoms with van der Waals surface area (Å²) in [4.78, 5) is 18.8. The molecule has 0 aliphatic heterocycles. The van der Waals surface area contributed by atoms with Crippen molar-refractivity contribution in [3.63, 3.8) is 0 Å². The third-order valence-corrected chi connectivity index (χ3v) is 5.75. The summed E-state index contributed by atoms with van der Waals surface area (Å²) < 4.78 is 5.58. The van der Waals surface area contributed by atoms with Crippen molar-refractivity contribution in [1.29, 1.82) is 10.7 Å². The Morgan fingerprint density at radius 3 is 2.75 bits per heavy atom. The SMILES string of the molecule is CN(C(=O)OC(C)(C)C)[C@H]1CCCC[C@H]1Nc1cc(Nc2cccc(N/N=C\C=N)c2)ncc1C#N. The van der Waals surface area contributed by atoms with E-state index in [-0.39, 0.29) is 18.2 Å². The third kappa shape index (κ3) is 7.43. The van der Waals surface area contributed by atoms with E-state index in [1.54, 1.807) is 11.9 Å². The molecule has 1 saturated carbocycles. The molecule has 1 fully saturated rings. The van der Waals surface area contributed by atoms with Crippen molar-refractivity contribution in [2.75, 3.05) is 23.1 Å². The quantitative estimate of drug-likeness (QED) is 0.289. The van der Waals surface area contributed by atoms with Crippen molar-refractivity contribution in [3.8, 4) is 6.07 Å². The summed E-state index contributed by atoms with van der Waals surface area (Å²) in [5, 5.41) is 27.4. The van der Waals surface area contributed by atoms with Gasteiger partial charge < -0.3 is 25.7 Å². The van der Waals surface area contributed by atoms with Crippen molar-refractivity contribution in [2.45, 2.75) is 64.1 Å². The number of hydrogen-bond acceptors (Lipinski definition) is 9. The molecule has 2 atom stereocenters. The number of ether oxygens (including phenoxy) is 1. The first-order valence-electron chi connectivity index (χ1n) is 12.0. The van der Waals surface area contributed by atoms with Gasteiger partial charge in [-0.25, -0.2) is 9.78 Å². The summed E-state index contributed by atoms with van der Waals surface area (Å²) in [7, 11) is 1.77. The van der Waals surface area contributed by atoms with E-state index in [9.17, 15) is 10.1 Å². The van der Waals surface area contributed by atoms with Crippen LogP contribution in [0.4, 0.5) is 27.7 Å². The number of amides is 1. The Bertz CT molecular complexity index is 1140. The number of nitriles is 1. The first-order valence-corrected chi connectivity index (χ1v) is 12.0. The molecule has 1 amide bonds. The molecule has 1 heterocycles. The van der Waals surface area contributed by atoms with Crippen LogP contribution in [0.3, 0.4) is 0 Å². The molecule has 3 rings (SSSR count). The Labute approximate surface area is 212 Å². The highest BCUT2D eigenvalue weighted by Gasteiger charge is 2.33. The number of rotatable bonds is 8. The minimum atomic E-state index is -0.568. The van der Waals surface area contributed by atoms with Crippen LogP contribution in [0.25, 0.3) is 0 Å². The van der Waals surface area contributed by atoms with Gasteiger partial charge in [0.1, 0.15) is 17.5 Å². The summed E-state index contributed by atoms with van der Waals surface area (Å²) in [5.74, 6) is 0.574. The molecule has 1 aliphatic rings. The van der Waals surface area contributed by atoms with E-state index in [1.807, 2.05) is 51.1 Å². The van der Waals surface area contributed by atoms with Gasteiger partial charge in [0.2, 0.25) is 0 Å². The number of likely N-dealkylation sites (N-methyl/N-ethyl adjacent to an activating group) is 1. The number of hydrogen-bond donors (Lipinski definition) is 4. The number of benzene rings is 1. The van der Waals surface area contributed by atoms with Crippen molar-refractivity contribution < 1.29 is 9.53 Å². The van der Waals surface area contributed by atoms with E-state index in [0.29, 0.717) is 17.1 Å². The number of nitrogens with one attached hydrogen (secondary N) is 4. The van der Waals surface area contributed by atoms with Gasteiger partial charge in [-0.1, -0.05) is 18.9 Å². The molecule has 1 aromatic heterocycles. The topological polar surface area (TPSA) is 139 Å². The van der Waals surface area contributed by atoms with Crippen LogP contribution in [-0.2, 0) is 4.74 Å². The molecular formula is C26H34N8O2. The predicted octanol–water partition coefficient (Wildman–Crippen LogP) is 5.33. The van der Waals surface area contributed by atoms with E-state index in [2.05, 4.69) is 32.2 Å². The number of pyridine rings is 1. The van der Waals surface area contributed by atoms with Crippen LogP contribution >= 0.6 is 0 Å². The first-order chi connectivity index (χ1) is 17.2. The van der Waals surface area contributed by atoms with Gasteiger partial charge in [0.25, 0.3) is 0 Å². The monoisotopic (exact) mass is 490 g/mol. The molecule has 0 radical (unpaired) electrons. The van der Waals surface area contributed by atoms with Crippen LogP contribution < -0.4 is 16.1 Å². The molecule has 0 spiro atoms. The number of carbonyl (C=O) groups is 1. The zero-order valence-electron chi connectivity index (χ0n) is 21.2. The maximum atomic E-state index is 12.7. The van der Waals surface area contributed by atoms with Gasteiger partial charge in [0.15, 0.2) is 0 Å². The Balaban J connectivity index is 1.78. The number of aromatic nitrogens is 1. The minimum absolute atomic E-state index is 0.0298. The smallest absolute Gasteiger partial charge is 0.410 e. The van der Waals surface area contributed by atoms with Crippen LogP contribution in [0.2, 0.25) is 0 Å². The fraction of sp³-hybridized carbons (Fsp3) is 0.423. The third-order valence-electron chi connectivity index (χ3n) is 5.75. The minimum Gasteiger partial charge on any atom is -0.444 e. The largest absolute Gasteiger partial charge is 0.444 e. The number of carbonyl (C=O) groups excluding carboxylic acids is 1. The van der Waals surface area contributed by atoms with Crippen molar-refractivity contribution in [2.24, 2.45) is 5.10 Å². The summed E-state index contributed by atoms with van der Waals surface area (Å²) in [6.45, 7) is 5.57. The maximum absolute atomic E-state index is 12.7. The van der Waals surface area contributed by atoms with Gasteiger partial charge in [-0.05, 0) is 51.8 Å². The number of anilines is 4. The molecule has 10 nitrogen and oxygen atoms in total. The lowest BCUT2D eigenvalue weighted by molar-refractivity contribution is 0.0175. The molecule has 4 N–H and O–H groups in total. The lowest BCUT2D eigenvalue weighted by Crippen LogP contribution is -2.50. The standard InChI is InChI=1S/C26H34N8O2/c1-26(2,3)36-25(35)34(4)23-11-6-5-10-21(23)32-22-15-24(29-17-18(22)16-28)31-19-8-7-9-20(14-19)33-30-13-12-27/h7-9,12-15,17,21,23,27,33H,5-6,10-11H2,1-4H3,(H2,29,31,32)/b27-12?,30-13-/t21-,23+/m1/s1. The second-order valence-corrected chi connectivity index (χ2v) is 9.68. The molecule has 2 aromatic rings. The first kappa shape index (κ1) is 26.5. The van der Waals surface area contributed by atoms with Gasteiger partial charge >= 0.3 is 6.09 Å². The average Bonchev–Trinajstić information content (AvgIpc) is 2.83. The Hall–Kier alpha value is -4.13. The highest BCUT2D eigenvalue weighted by atomic mass is 16.6. The zero-order chi connectivity index (χ0) is 26.1. The summed E-state index contributed by atoms with van der Waals surface area (Å²) in [6.07, 6.45) is 7.41. The van der Waals surface area contributed by atoms with Crippen LogP contribution in [0.5, 0.6) is 0 Å². The lowest BCUT2D eigenvalue weighted by Gasteiger charge is -2.39.